The highest BCUT2D eigenvalue weighted by atomic mass is 32.1. The van der Waals surface area contributed by atoms with Crippen LogP contribution in [0, 0.1) is 0 Å². The molecule has 0 unspecified atom stereocenters. The number of pyridine rings is 1. The van der Waals surface area contributed by atoms with E-state index in [0.29, 0.717) is 0 Å². The summed E-state index contributed by atoms with van der Waals surface area (Å²) in [6.45, 7) is 0. The van der Waals surface area contributed by atoms with E-state index >= 15 is 0 Å². The Morgan fingerprint density at radius 2 is 1.94 bits per heavy atom. The normalized spacial score (nSPS) is 10.8. The number of rotatable bonds is 1. The third-order valence-corrected chi connectivity index (χ3v) is 3.60. The Labute approximate surface area is 103 Å². The molecule has 2 heterocycles. The molecule has 0 spiro atoms. The van der Waals surface area contributed by atoms with Crippen LogP contribution in [0.2, 0.25) is 0 Å². The second-order valence-corrected chi connectivity index (χ2v) is 4.75. The fourth-order valence-corrected chi connectivity index (χ4v) is 2.59. The number of nitrogens with zero attached hydrogens (tertiary/aromatic N) is 1. The van der Waals surface area contributed by atoms with Crippen molar-refractivity contribution in [1.29, 1.82) is 0 Å². The minimum atomic E-state index is 0.751. The average molecular weight is 241 g/mol. The second-order valence-electron chi connectivity index (χ2n) is 3.89. The maximum absolute atomic E-state index is 5.90. The van der Waals surface area contributed by atoms with Crippen molar-refractivity contribution < 1.29 is 0 Å². The van der Waals surface area contributed by atoms with Crippen molar-refractivity contribution in [2.45, 2.75) is 0 Å². The molecule has 4 N–H and O–H groups in total. The highest BCUT2D eigenvalue weighted by Crippen LogP contribution is 2.30. The van der Waals surface area contributed by atoms with Gasteiger partial charge in [-0.3, -0.25) is 0 Å². The molecule has 0 aliphatic heterocycles. The monoisotopic (exact) mass is 241 g/mol. The van der Waals surface area contributed by atoms with Gasteiger partial charge in [0.1, 0.15) is 4.83 Å². The molecule has 17 heavy (non-hydrogen) atoms. The van der Waals surface area contributed by atoms with Crippen LogP contribution in [0.3, 0.4) is 0 Å². The van der Waals surface area contributed by atoms with E-state index in [4.69, 9.17) is 11.5 Å². The van der Waals surface area contributed by atoms with E-state index in [1.54, 1.807) is 11.3 Å². The van der Waals surface area contributed by atoms with Crippen molar-refractivity contribution in [1.82, 2.24) is 4.98 Å². The van der Waals surface area contributed by atoms with Crippen LogP contribution < -0.4 is 11.5 Å². The average Bonchev–Trinajstić information content (AvgIpc) is 2.71. The van der Waals surface area contributed by atoms with Gasteiger partial charge in [0.05, 0.1) is 5.69 Å². The number of thiophene rings is 1. The Hall–Kier alpha value is -2.07. The molecule has 3 nitrogen and oxygen atoms in total. The summed E-state index contributed by atoms with van der Waals surface area (Å²) in [7, 11) is 0. The molecule has 0 bridgehead atoms. The molecule has 0 aliphatic carbocycles. The van der Waals surface area contributed by atoms with E-state index in [9.17, 15) is 0 Å². The van der Waals surface area contributed by atoms with Gasteiger partial charge in [-0.15, -0.1) is 11.3 Å². The molecule has 1 aromatic carbocycles. The lowest BCUT2D eigenvalue weighted by atomic mass is 10.1. The molecule has 0 saturated heterocycles. The summed E-state index contributed by atoms with van der Waals surface area (Å²) in [4.78, 5) is 5.37. The number of hydrogen-bond acceptors (Lipinski definition) is 4. The van der Waals surface area contributed by atoms with E-state index in [-0.39, 0.29) is 0 Å². The molecule has 2 aromatic heterocycles. The summed E-state index contributed by atoms with van der Waals surface area (Å²) in [5, 5.41) is 2.93. The largest absolute Gasteiger partial charge is 0.399 e. The number of hydrogen-bond donors (Lipinski definition) is 2. The molecule has 3 aromatic rings. The Bertz CT molecular complexity index is 688. The van der Waals surface area contributed by atoms with E-state index in [1.165, 1.54) is 0 Å². The molecular formula is C13H11N3S. The highest BCUT2D eigenvalue weighted by molar-refractivity contribution is 7.17. The first-order chi connectivity index (χ1) is 8.24. The SMILES string of the molecule is Nc1cccc(-c2cnc3scc(N)c3c2)c1. The molecule has 0 saturated carbocycles. The number of nitrogens with two attached hydrogens (primary N) is 2. The minimum Gasteiger partial charge on any atom is -0.399 e. The van der Waals surface area contributed by atoms with E-state index in [0.717, 1.165) is 32.7 Å². The van der Waals surface area contributed by atoms with Crippen LogP contribution >= 0.6 is 11.3 Å². The fourth-order valence-electron chi connectivity index (χ4n) is 1.81. The summed E-state index contributed by atoms with van der Waals surface area (Å²) in [5.41, 5.74) is 15.3. The van der Waals surface area contributed by atoms with Gasteiger partial charge < -0.3 is 11.5 Å². The summed E-state index contributed by atoms with van der Waals surface area (Å²) < 4.78 is 0. The van der Waals surface area contributed by atoms with Crippen molar-refractivity contribution in [2.24, 2.45) is 0 Å². The lowest BCUT2D eigenvalue weighted by Gasteiger charge is -2.02. The Morgan fingerprint density at radius 3 is 2.76 bits per heavy atom. The molecule has 3 rings (SSSR count). The third kappa shape index (κ3) is 1.72. The van der Waals surface area contributed by atoms with Crippen LogP contribution in [-0.4, -0.2) is 4.98 Å². The zero-order valence-electron chi connectivity index (χ0n) is 9.05. The number of nitrogen functional groups attached to an aromatic ring is 2. The van der Waals surface area contributed by atoms with Crippen molar-refractivity contribution in [3.05, 3.63) is 41.9 Å². The van der Waals surface area contributed by atoms with Crippen molar-refractivity contribution in [3.8, 4) is 11.1 Å². The van der Waals surface area contributed by atoms with Crippen LogP contribution in [0.15, 0.2) is 41.9 Å². The molecule has 0 amide bonds. The minimum absolute atomic E-state index is 0.751. The zero-order valence-corrected chi connectivity index (χ0v) is 9.87. The van der Waals surface area contributed by atoms with Crippen LogP contribution in [-0.2, 0) is 0 Å². The van der Waals surface area contributed by atoms with Crippen molar-refractivity contribution >= 4 is 32.9 Å². The number of aromatic nitrogens is 1. The molecule has 84 valence electrons. The Balaban J connectivity index is 2.20. The summed E-state index contributed by atoms with van der Waals surface area (Å²) in [5.74, 6) is 0. The van der Waals surface area contributed by atoms with Gasteiger partial charge in [-0.2, -0.15) is 0 Å². The molecule has 0 aliphatic rings. The molecular weight excluding hydrogens is 230 g/mol. The van der Waals surface area contributed by atoms with E-state index in [2.05, 4.69) is 11.1 Å². The number of anilines is 2. The topological polar surface area (TPSA) is 64.9 Å². The van der Waals surface area contributed by atoms with Gasteiger partial charge in [-0.25, -0.2) is 4.98 Å². The summed E-state index contributed by atoms with van der Waals surface area (Å²) >= 11 is 1.56. The lowest BCUT2D eigenvalue weighted by Crippen LogP contribution is -1.87. The summed E-state index contributed by atoms with van der Waals surface area (Å²) in [6, 6.07) is 9.82. The van der Waals surface area contributed by atoms with E-state index < -0.39 is 0 Å². The van der Waals surface area contributed by atoms with Gasteiger partial charge in [-0.1, -0.05) is 12.1 Å². The quantitative estimate of drug-likeness (QED) is 0.643. The lowest BCUT2D eigenvalue weighted by molar-refractivity contribution is 1.44. The first-order valence-electron chi connectivity index (χ1n) is 5.23. The van der Waals surface area contributed by atoms with Crippen LogP contribution in [0.5, 0.6) is 0 Å². The van der Waals surface area contributed by atoms with Gasteiger partial charge >= 0.3 is 0 Å². The highest BCUT2D eigenvalue weighted by Gasteiger charge is 2.05. The Morgan fingerprint density at radius 1 is 1.06 bits per heavy atom. The molecule has 0 radical (unpaired) electrons. The van der Waals surface area contributed by atoms with Gasteiger partial charge in [0.25, 0.3) is 0 Å². The van der Waals surface area contributed by atoms with Gasteiger partial charge in [0, 0.05) is 28.2 Å². The number of benzene rings is 1. The zero-order chi connectivity index (χ0) is 11.8. The maximum atomic E-state index is 5.90. The van der Waals surface area contributed by atoms with Crippen LogP contribution in [0.1, 0.15) is 0 Å². The van der Waals surface area contributed by atoms with Gasteiger partial charge in [0.2, 0.25) is 0 Å². The van der Waals surface area contributed by atoms with Gasteiger partial charge in [0.15, 0.2) is 0 Å². The fraction of sp³-hybridized carbons (Fsp3) is 0. The molecule has 4 heteroatoms. The predicted molar refractivity (Wildman–Crippen MR) is 73.9 cm³/mol. The number of fused-ring (bicyclic) bond motifs is 1. The smallest absolute Gasteiger partial charge is 0.125 e. The maximum Gasteiger partial charge on any atom is 0.125 e. The first kappa shape index (κ1) is 10.1. The molecule has 0 fully saturated rings. The van der Waals surface area contributed by atoms with Crippen LogP contribution in [0.25, 0.3) is 21.3 Å². The predicted octanol–water partition coefficient (Wildman–Crippen LogP) is 3.13. The third-order valence-electron chi connectivity index (χ3n) is 2.68. The van der Waals surface area contributed by atoms with Gasteiger partial charge in [-0.05, 0) is 23.8 Å². The van der Waals surface area contributed by atoms with Crippen LogP contribution in [0.4, 0.5) is 11.4 Å². The van der Waals surface area contributed by atoms with Crippen molar-refractivity contribution in [2.75, 3.05) is 11.5 Å². The second kappa shape index (κ2) is 3.75. The summed E-state index contributed by atoms with van der Waals surface area (Å²) in [6.07, 6.45) is 1.85. The van der Waals surface area contributed by atoms with Crippen molar-refractivity contribution in [3.63, 3.8) is 0 Å². The van der Waals surface area contributed by atoms with E-state index in [1.807, 2.05) is 35.8 Å². The Kier molecular flexibility index (Phi) is 2.23. The standard InChI is InChI=1S/C13H11N3S/c14-10-3-1-2-8(4-10)9-5-11-12(15)7-17-13(11)16-6-9/h1-7H,14-15H2. The first-order valence-corrected chi connectivity index (χ1v) is 6.10. The molecule has 0 atom stereocenters.